The van der Waals surface area contributed by atoms with E-state index in [1.54, 1.807) is 11.3 Å². The van der Waals surface area contributed by atoms with Crippen LogP contribution in [-0.2, 0) is 4.79 Å². The maximum absolute atomic E-state index is 12.6. The van der Waals surface area contributed by atoms with Crippen molar-refractivity contribution >= 4 is 33.7 Å². The van der Waals surface area contributed by atoms with Crippen LogP contribution in [0.1, 0.15) is 35.1 Å². The van der Waals surface area contributed by atoms with Gasteiger partial charge in [-0.2, -0.15) is 0 Å². The molecule has 1 fully saturated rings. The first-order valence-corrected chi connectivity index (χ1v) is 10.3. The number of thiazole rings is 2. The molecule has 7 heteroatoms. The summed E-state index contributed by atoms with van der Waals surface area (Å²) in [5, 5.41) is 10.0. The normalized spacial score (nSPS) is 19.6. The van der Waals surface area contributed by atoms with Gasteiger partial charge in [0.15, 0.2) is 5.13 Å². The van der Waals surface area contributed by atoms with Gasteiger partial charge in [-0.1, -0.05) is 30.3 Å². The third kappa shape index (κ3) is 3.56. The second kappa shape index (κ2) is 7.26. The van der Waals surface area contributed by atoms with Crippen LogP contribution in [0.15, 0.2) is 35.7 Å². The second-order valence-corrected chi connectivity index (χ2v) is 8.50. The van der Waals surface area contributed by atoms with E-state index < -0.39 is 0 Å². The molecule has 2 atom stereocenters. The third-order valence-electron chi connectivity index (χ3n) is 4.54. The van der Waals surface area contributed by atoms with Gasteiger partial charge in [0.05, 0.1) is 27.3 Å². The number of anilines is 1. The van der Waals surface area contributed by atoms with E-state index in [9.17, 15) is 4.79 Å². The van der Waals surface area contributed by atoms with Crippen molar-refractivity contribution in [1.82, 2.24) is 15.3 Å². The molecule has 3 heterocycles. The summed E-state index contributed by atoms with van der Waals surface area (Å²) >= 11 is 3.09. The highest BCUT2D eigenvalue weighted by Crippen LogP contribution is 2.32. The number of benzene rings is 1. The summed E-state index contributed by atoms with van der Waals surface area (Å²) in [6.07, 6.45) is 1.79. The lowest BCUT2D eigenvalue weighted by Crippen LogP contribution is -2.36. The van der Waals surface area contributed by atoms with E-state index in [1.807, 2.05) is 37.4 Å². The first-order valence-electron chi connectivity index (χ1n) is 8.62. The number of hydrogen-bond acceptors (Lipinski definition) is 6. The molecule has 4 rings (SSSR count). The van der Waals surface area contributed by atoms with Crippen molar-refractivity contribution in [2.75, 3.05) is 5.32 Å². The zero-order chi connectivity index (χ0) is 18.1. The molecule has 0 spiro atoms. The molecule has 1 aliphatic rings. The van der Waals surface area contributed by atoms with E-state index in [2.05, 4.69) is 32.7 Å². The van der Waals surface area contributed by atoms with Crippen LogP contribution in [0.2, 0.25) is 0 Å². The van der Waals surface area contributed by atoms with Gasteiger partial charge in [0.2, 0.25) is 5.91 Å². The monoisotopic (exact) mass is 384 g/mol. The van der Waals surface area contributed by atoms with Crippen molar-refractivity contribution in [3.8, 4) is 10.6 Å². The number of aryl methyl sites for hydroxylation is 2. The highest BCUT2D eigenvalue weighted by Gasteiger charge is 2.30. The lowest BCUT2D eigenvalue weighted by atomic mass is 10.1. The summed E-state index contributed by atoms with van der Waals surface area (Å²) in [4.78, 5) is 22.7. The number of carbonyl (C=O) groups excluding carboxylic acids is 1. The summed E-state index contributed by atoms with van der Waals surface area (Å²) in [6, 6.07) is 10.3. The molecule has 0 bridgehead atoms. The SMILES string of the molecule is Cc1nc(C)c(-c2csc(NC(=O)[C@H]3CC[C@@H](c4ccccc4)N3)n2)s1. The molecule has 134 valence electrons. The molecule has 26 heavy (non-hydrogen) atoms. The Labute approximate surface area is 160 Å². The Hall–Kier alpha value is -2.09. The molecule has 0 aliphatic carbocycles. The number of hydrogen-bond donors (Lipinski definition) is 2. The molecule has 2 N–H and O–H groups in total. The van der Waals surface area contributed by atoms with E-state index in [4.69, 9.17) is 0 Å². The van der Waals surface area contributed by atoms with Crippen molar-refractivity contribution < 1.29 is 4.79 Å². The van der Waals surface area contributed by atoms with Gasteiger partial charge >= 0.3 is 0 Å². The zero-order valence-electron chi connectivity index (χ0n) is 14.7. The number of nitrogens with one attached hydrogen (secondary N) is 2. The van der Waals surface area contributed by atoms with Crippen molar-refractivity contribution in [2.45, 2.75) is 38.8 Å². The van der Waals surface area contributed by atoms with E-state index in [0.717, 1.165) is 34.1 Å². The lowest BCUT2D eigenvalue weighted by Gasteiger charge is -2.14. The minimum Gasteiger partial charge on any atom is -0.301 e. The van der Waals surface area contributed by atoms with Gasteiger partial charge in [-0.25, -0.2) is 9.97 Å². The van der Waals surface area contributed by atoms with Crippen LogP contribution in [0.5, 0.6) is 0 Å². The van der Waals surface area contributed by atoms with Gasteiger partial charge in [-0.3, -0.25) is 10.1 Å². The van der Waals surface area contributed by atoms with Crippen LogP contribution in [-0.4, -0.2) is 21.9 Å². The maximum atomic E-state index is 12.6. The van der Waals surface area contributed by atoms with Gasteiger partial charge in [0.25, 0.3) is 0 Å². The molecule has 1 aromatic carbocycles. The van der Waals surface area contributed by atoms with Gasteiger partial charge in [0.1, 0.15) is 0 Å². The largest absolute Gasteiger partial charge is 0.301 e. The van der Waals surface area contributed by atoms with Crippen LogP contribution >= 0.6 is 22.7 Å². The van der Waals surface area contributed by atoms with E-state index >= 15 is 0 Å². The van der Waals surface area contributed by atoms with E-state index in [0.29, 0.717) is 5.13 Å². The van der Waals surface area contributed by atoms with Crippen molar-refractivity contribution in [2.24, 2.45) is 0 Å². The van der Waals surface area contributed by atoms with Crippen molar-refractivity contribution in [3.05, 3.63) is 52.0 Å². The third-order valence-corrected chi connectivity index (χ3v) is 6.39. The Morgan fingerprint density at radius 3 is 2.73 bits per heavy atom. The molecule has 1 amide bonds. The minimum atomic E-state index is -0.181. The quantitative estimate of drug-likeness (QED) is 0.703. The molecular formula is C19H20N4OS2. The standard InChI is InChI=1S/C19H20N4OS2/c1-11-17(26-12(2)20-11)16-10-25-19(22-16)23-18(24)15-9-8-14(21-15)13-6-4-3-5-7-13/h3-7,10,14-15,21H,8-9H2,1-2H3,(H,22,23,24)/t14-,15+/m0/s1. The Kier molecular flexibility index (Phi) is 4.84. The Morgan fingerprint density at radius 1 is 1.19 bits per heavy atom. The summed E-state index contributed by atoms with van der Waals surface area (Å²) in [6.45, 7) is 3.98. The highest BCUT2D eigenvalue weighted by molar-refractivity contribution is 7.16. The molecule has 1 aliphatic heterocycles. The van der Waals surface area contributed by atoms with Gasteiger partial charge in [0, 0.05) is 11.4 Å². The maximum Gasteiger partial charge on any atom is 0.243 e. The molecule has 0 radical (unpaired) electrons. The summed E-state index contributed by atoms with van der Waals surface area (Å²) < 4.78 is 0. The summed E-state index contributed by atoms with van der Waals surface area (Å²) in [7, 11) is 0. The number of amides is 1. The smallest absolute Gasteiger partial charge is 0.243 e. The first-order chi connectivity index (χ1) is 12.6. The Bertz CT molecular complexity index is 919. The van der Waals surface area contributed by atoms with Crippen LogP contribution < -0.4 is 10.6 Å². The predicted octanol–water partition coefficient (Wildman–Crippen LogP) is 4.32. The number of nitrogens with zero attached hydrogens (tertiary/aromatic N) is 2. The molecule has 3 aromatic rings. The molecular weight excluding hydrogens is 364 g/mol. The van der Waals surface area contributed by atoms with Crippen molar-refractivity contribution in [3.63, 3.8) is 0 Å². The predicted molar refractivity (Wildman–Crippen MR) is 107 cm³/mol. The summed E-state index contributed by atoms with van der Waals surface area (Å²) in [5.41, 5.74) is 3.10. The number of carbonyl (C=O) groups is 1. The van der Waals surface area contributed by atoms with Gasteiger partial charge in [-0.05, 0) is 32.3 Å². The molecule has 5 nitrogen and oxygen atoms in total. The molecule has 0 unspecified atom stereocenters. The molecule has 1 saturated heterocycles. The second-order valence-electron chi connectivity index (χ2n) is 6.43. The Morgan fingerprint density at radius 2 is 2.00 bits per heavy atom. The zero-order valence-corrected chi connectivity index (χ0v) is 16.3. The number of rotatable bonds is 4. The lowest BCUT2D eigenvalue weighted by molar-refractivity contribution is -0.117. The fourth-order valence-electron chi connectivity index (χ4n) is 3.29. The molecule has 0 saturated carbocycles. The van der Waals surface area contributed by atoms with Crippen LogP contribution in [0.25, 0.3) is 10.6 Å². The summed E-state index contributed by atoms with van der Waals surface area (Å²) in [5.74, 6) is -0.0125. The van der Waals surface area contributed by atoms with Crippen molar-refractivity contribution in [1.29, 1.82) is 0 Å². The highest BCUT2D eigenvalue weighted by atomic mass is 32.1. The Balaban J connectivity index is 1.41. The topological polar surface area (TPSA) is 66.9 Å². The fraction of sp³-hybridized carbons (Fsp3) is 0.316. The fourth-order valence-corrected chi connectivity index (χ4v) is 4.95. The average molecular weight is 385 g/mol. The van der Waals surface area contributed by atoms with E-state index in [-0.39, 0.29) is 18.0 Å². The van der Waals surface area contributed by atoms with Gasteiger partial charge in [-0.15, -0.1) is 22.7 Å². The van der Waals surface area contributed by atoms with Crippen LogP contribution in [0.3, 0.4) is 0 Å². The number of aromatic nitrogens is 2. The van der Waals surface area contributed by atoms with Crippen LogP contribution in [0, 0.1) is 13.8 Å². The molecule has 2 aromatic heterocycles. The minimum absolute atomic E-state index is 0.0125. The average Bonchev–Trinajstić information content (AvgIpc) is 3.35. The van der Waals surface area contributed by atoms with Crippen LogP contribution in [0.4, 0.5) is 5.13 Å². The van der Waals surface area contributed by atoms with Gasteiger partial charge < -0.3 is 5.32 Å². The van der Waals surface area contributed by atoms with E-state index in [1.165, 1.54) is 16.9 Å². The first kappa shape index (κ1) is 17.3.